The van der Waals surface area contributed by atoms with Gasteiger partial charge in [0.05, 0.1) is 23.1 Å². The van der Waals surface area contributed by atoms with Crippen molar-refractivity contribution in [2.24, 2.45) is 0 Å². The molecular formula is C13H11ClF3N3O. The number of halogens is 4. The first-order valence-electron chi connectivity index (χ1n) is 5.93. The average molecular weight is 318 g/mol. The predicted molar refractivity (Wildman–Crippen MR) is 71.7 cm³/mol. The molecule has 1 amide bonds. The molecule has 1 aromatic heterocycles. The third-order valence-corrected chi connectivity index (χ3v) is 2.99. The molecule has 112 valence electrons. The van der Waals surface area contributed by atoms with Crippen molar-refractivity contribution >= 4 is 17.5 Å². The molecule has 0 saturated carbocycles. The van der Waals surface area contributed by atoms with Crippen molar-refractivity contribution in [3.63, 3.8) is 0 Å². The second-order valence-electron chi connectivity index (χ2n) is 4.33. The maximum atomic E-state index is 12.1. The fourth-order valence-electron chi connectivity index (χ4n) is 1.78. The van der Waals surface area contributed by atoms with E-state index < -0.39 is 18.6 Å². The van der Waals surface area contributed by atoms with Gasteiger partial charge in [0.1, 0.15) is 6.54 Å². The van der Waals surface area contributed by atoms with Gasteiger partial charge in [-0.15, -0.1) is 0 Å². The van der Waals surface area contributed by atoms with E-state index in [9.17, 15) is 18.0 Å². The lowest BCUT2D eigenvalue weighted by Gasteiger charge is -2.08. The molecule has 4 nitrogen and oxygen atoms in total. The second kappa shape index (κ2) is 5.77. The summed E-state index contributed by atoms with van der Waals surface area (Å²) in [5, 5.41) is 6.31. The number of nitrogens with one attached hydrogen (secondary N) is 1. The van der Waals surface area contributed by atoms with Gasteiger partial charge in [0.15, 0.2) is 0 Å². The fraction of sp³-hybridized carbons (Fsp3) is 0.231. The lowest BCUT2D eigenvalue weighted by Crippen LogP contribution is -2.33. The summed E-state index contributed by atoms with van der Waals surface area (Å²) < 4.78 is 37.7. The Kier molecular flexibility index (Phi) is 4.22. The van der Waals surface area contributed by atoms with E-state index in [2.05, 4.69) is 5.10 Å². The van der Waals surface area contributed by atoms with E-state index in [0.29, 0.717) is 16.4 Å². The topological polar surface area (TPSA) is 46.9 Å². The molecule has 0 aliphatic heterocycles. The van der Waals surface area contributed by atoms with E-state index in [1.165, 1.54) is 10.9 Å². The summed E-state index contributed by atoms with van der Waals surface area (Å²) in [6, 6.07) is 6.76. The van der Waals surface area contributed by atoms with Crippen LogP contribution in [-0.2, 0) is 0 Å². The zero-order valence-electron chi connectivity index (χ0n) is 10.9. The summed E-state index contributed by atoms with van der Waals surface area (Å²) in [4.78, 5) is 11.7. The number of carbonyl (C=O) groups is 1. The van der Waals surface area contributed by atoms with Gasteiger partial charge in [0, 0.05) is 5.02 Å². The summed E-state index contributed by atoms with van der Waals surface area (Å²) in [7, 11) is 0. The smallest absolute Gasteiger partial charge is 0.343 e. The van der Waals surface area contributed by atoms with Crippen LogP contribution < -0.4 is 5.32 Å². The normalized spacial score (nSPS) is 11.5. The highest BCUT2D eigenvalue weighted by atomic mass is 35.5. The van der Waals surface area contributed by atoms with Crippen molar-refractivity contribution in [2.45, 2.75) is 13.1 Å². The van der Waals surface area contributed by atoms with Gasteiger partial charge in [0.2, 0.25) is 0 Å². The number of rotatable bonds is 3. The highest BCUT2D eigenvalue weighted by molar-refractivity contribution is 6.30. The van der Waals surface area contributed by atoms with Crippen molar-refractivity contribution in [3.05, 3.63) is 46.7 Å². The van der Waals surface area contributed by atoms with Gasteiger partial charge in [-0.05, 0) is 25.1 Å². The number of alkyl halides is 3. The summed E-state index contributed by atoms with van der Waals surface area (Å²) in [5.74, 6) is -0.821. The zero-order chi connectivity index (χ0) is 15.6. The molecule has 0 fully saturated rings. The number of amides is 1. The van der Waals surface area contributed by atoms with Crippen molar-refractivity contribution in [1.29, 1.82) is 0 Å². The Labute approximate surface area is 123 Å². The highest BCUT2D eigenvalue weighted by Gasteiger charge is 2.28. The summed E-state index contributed by atoms with van der Waals surface area (Å²) in [5.41, 5.74) is 1.13. The molecule has 0 radical (unpaired) electrons. The van der Waals surface area contributed by atoms with Crippen molar-refractivity contribution in [3.8, 4) is 5.69 Å². The standard InChI is InChI=1S/C13H11ClF3N3O/c1-8-11(12(21)18-7-13(15,16)17)6-19-20(8)10-4-2-3-9(14)5-10/h2-6H,7H2,1H3,(H,18,21). The van der Waals surface area contributed by atoms with Gasteiger partial charge in [-0.3, -0.25) is 4.79 Å². The first-order chi connectivity index (χ1) is 9.78. The predicted octanol–water partition coefficient (Wildman–Crippen LogP) is 3.13. The van der Waals surface area contributed by atoms with Crippen molar-refractivity contribution in [2.75, 3.05) is 6.54 Å². The minimum atomic E-state index is -4.45. The van der Waals surface area contributed by atoms with Crippen LogP contribution in [0.2, 0.25) is 5.02 Å². The Balaban J connectivity index is 2.23. The Morgan fingerprint density at radius 3 is 2.76 bits per heavy atom. The van der Waals surface area contributed by atoms with Crippen LogP contribution in [0, 0.1) is 6.92 Å². The molecule has 0 unspecified atom stereocenters. The van der Waals surface area contributed by atoms with E-state index in [1.807, 2.05) is 5.32 Å². The van der Waals surface area contributed by atoms with Gasteiger partial charge in [-0.1, -0.05) is 17.7 Å². The number of hydrogen-bond donors (Lipinski definition) is 1. The molecule has 0 saturated heterocycles. The highest BCUT2D eigenvalue weighted by Crippen LogP contribution is 2.18. The molecule has 0 aliphatic rings. The first-order valence-corrected chi connectivity index (χ1v) is 6.31. The molecule has 0 spiro atoms. The Bertz CT molecular complexity index is 667. The molecular weight excluding hydrogens is 307 g/mol. The maximum absolute atomic E-state index is 12.1. The molecule has 0 aliphatic carbocycles. The number of carbonyl (C=O) groups excluding carboxylic acids is 1. The molecule has 2 rings (SSSR count). The van der Waals surface area contributed by atoms with E-state index in [4.69, 9.17) is 11.6 Å². The Morgan fingerprint density at radius 1 is 1.43 bits per heavy atom. The van der Waals surface area contributed by atoms with Gasteiger partial charge in [0.25, 0.3) is 5.91 Å². The number of hydrogen-bond acceptors (Lipinski definition) is 2. The molecule has 1 heterocycles. The van der Waals surface area contributed by atoms with Gasteiger partial charge < -0.3 is 5.32 Å². The Morgan fingerprint density at radius 2 is 2.14 bits per heavy atom. The molecule has 2 aromatic rings. The number of benzene rings is 1. The van der Waals surface area contributed by atoms with Crippen LogP contribution in [0.25, 0.3) is 5.69 Å². The number of nitrogens with zero attached hydrogens (tertiary/aromatic N) is 2. The van der Waals surface area contributed by atoms with Crippen LogP contribution >= 0.6 is 11.6 Å². The van der Waals surface area contributed by atoms with Crippen LogP contribution in [0.15, 0.2) is 30.5 Å². The summed E-state index contributed by atoms with van der Waals surface area (Å²) in [6.07, 6.45) is -3.23. The maximum Gasteiger partial charge on any atom is 0.405 e. The monoisotopic (exact) mass is 317 g/mol. The van der Waals surface area contributed by atoms with Gasteiger partial charge in [-0.2, -0.15) is 18.3 Å². The molecule has 8 heteroatoms. The number of aromatic nitrogens is 2. The third-order valence-electron chi connectivity index (χ3n) is 2.76. The summed E-state index contributed by atoms with van der Waals surface area (Å²) in [6.45, 7) is 0.212. The molecule has 21 heavy (non-hydrogen) atoms. The zero-order valence-corrected chi connectivity index (χ0v) is 11.7. The van der Waals surface area contributed by atoms with E-state index in [0.717, 1.165) is 0 Å². The molecule has 0 atom stereocenters. The van der Waals surface area contributed by atoms with Crippen molar-refractivity contribution in [1.82, 2.24) is 15.1 Å². The van der Waals surface area contributed by atoms with Gasteiger partial charge in [-0.25, -0.2) is 4.68 Å². The van der Waals surface area contributed by atoms with Crippen LogP contribution in [0.1, 0.15) is 16.1 Å². The molecule has 1 aromatic carbocycles. The second-order valence-corrected chi connectivity index (χ2v) is 4.77. The van der Waals surface area contributed by atoms with Crippen LogP contribution in [-0.4, -0.2) is 28.4 Å². The molecule has 1 N–H and O–H groups in total. The largest absolute Gasteiger partial charge is 0.405 e. The fourth-order valence-corrected chi connectivity index (χ4v) is 1.96. The molecule has 0 bridgehead atoms. The van der Waals surface area contributed by atoms with Crippen LogP contribution in [0.5, 0.6) is 0 Å². The van der Waals surface area contributed by atoms with Crippen molar-refractivity contribution < 1.29 is 18.0 Å². The summed E-state index contributed by atoms with van der Waals surface area (Å²) >= 11 is 5.87. The average Bonchev–Trinajstić information content (AvgIpc) is 2.77. The SMILES string of the molecule is Cc1c(C(=O)NCC(F)(F)F)cnn1-c1cccc(Cl)c1. The third kappa shape index (κ3) is 3.75. The van der Waals surface area contributed by atoms with E-state index >= 15 is 0 Å². The lowest BCUT2D eigenvalue weighted by molar-refractivity contribution is -0.123. The van der Waals surface area contributed by atoms with Crippen LogP contribution in [0.3, 0.4) is 0 Å². The van der Waals surface area contributed by atoms with E-state index in [1.54, 1.807) is 31.2 Å². The lowest BCUT2D eigenvalue weighted by atomic mass is 10.2. The van der Waals surface area contributed by atoms with Gasteiger partial charge >= 0.3 is 6.18 Å². The first kappa shape index (κ1) is 15.4. The van der Waals surface area contributed by atoms with E-state index in [-0.39, 0.29) is 5.56 Å². The quantitative estimate of drug-likeness (QED) is 0.945. The van der Waals surface area contributed by atoms with Crippen LogP contribution in [0.4, 0.5) is 13.2 Å². The Hall–Kier alpha value is -2.02. The minimum Gasteiger partial charge on any atom is -0.343 e. The minimum absolute atomic E-state index is 0.0826.